The molecule has 0 saturated carbocycles. The molecule has 0 amide bonds. The fourth-order valence-electron chi connectivity index (χ4n) is 3.16. The van der Waals surface area contributed by atoms with Crippen LogP contribution in [0.4, 0.5) is 0 Å². The second-order valence-electron chi connectivity index (χ2n) is 5.83. The summed E-state index contributed by atoms with van der Waals surface area (Å²) in [5.41, 5.74) is 2.42. The third-order valence-corrected chi connectivity index (χ3v) is 4.25. The van der Waals surface area contributed by atoms with Crippen molar-refractivity contribution in [3.8, 4) is 0 Å². The van der Waals surface area contributed by atoms with Gasteiger partial charge in [-0.1, -0.05) is 18.2 Å². The molecular formula is C16H24N4. The molecule has 1 aliphatic rings. The van der Waals surface area contributed by atoms with Crippen molar-refractivity contribution in [2.24, 2.45) is 5.92 Å². The molecule has 0 aliphatic carbocycles. The number of rotatable bonds is 5. The number of hydrogen-bond donors (Lipinski definition) is 1. The Hall–Kier alpha value is -1.39. The molecule has 0 bridgehead atoms. The molecule has 4 nitrogen and oxygen atoms in total. The van der Waals surface area contributed by atoms with E-state index in [1.165, 1.54) is 36.1 Å². The normalized spacial score (nSPS) is 20.0. The van der Waals surface area contributed by atoms with Crippen LogP contribution < -0.4 is 5.32 Å². The number of para-hydroxylation sites is 1. The SMILES string of the molecule is CCn1nc(CNCC2CCN(C)C2)c2ccccc21. The van der Waals surface area contributed by atoms with E-state index in [2.05, 4.69) is 53.1 Å². The lowest BCUT2D eigenvalue weighted by atomic mass is 10.1. The van der Waals surface area contributed by atoms with Gasteiger partial charge in [0.15, 0.2) is 0 Å². The first-order valence-corrected chi connectivity index (χ1v) is 7.61. The van der Waals surface area contributed by atoms with Gasteiger partial charge in [0.2, 0.25) is 0 Å². The Morgan fingerprint density at radius 2 is 2.20 bits per heavy atom. The zero-order valence-corrected chi connectivity index (χ0v) is 12.5. The summed E-state index contributed by atoms with van der Waals surface area (Å²) in [6, 6.07) is 8.51. The van der Waals surface area contributed by atoms with Crippen molar-refractivity contribution in [3.05, 3.63) is 30.0 Å². The van der Waals surface area contributed by atoms with E-state index in [1.807, 2.05) is 0 Å². The predicted molar refractivity (Wildman–Crippen MR) is 82.7 cm³/mol. The highest BCUT2D eigenvalue weighted by Crippen LogP contribution is 2.18. The van der Waals surface area contributed by atoms with Gasteiger partial charge in [0.25, 0.3) is 0 Å². The van der Waals surface area contributed by atoms with Crippen LogP contribution in [0, 0.1) is 5.92 Å². The Bertz CT molecular complexity index is 575. The van der Waals surface area contributed by atoms with Crippen molar-refractivity contribution in [1.29, 1.82) is 0 Å². The molecule has 2 heterocycles. The molecular weight excluding hydrogens is 248 g/mol. The summed E-state index contributed by atoms with van der Waals surface area (Å²) in [7, 11) is 2.20. The lowest BCUT2D eigenvalue weighted by molar-refractivity contribution is 0.388. The molecule has 1 aromatic carbocycles. The van der Waals surface area contributed by atoms with Crippen LogP contribution in [0.25, 0.3) is 10.9 Å². The monoisotopic (exact) mass is 272 g/mol. The fourth-order valence-corrected chi connectivity index (χ4v) is 3.16. The average molecular weight is 272 g/mol. The standard InChI is InChI=1S/C16H24N4/c1-3-20-16-7-5-4-6-14(16)15(18-20)11-17-10-13-8-9-19(2)12-13/h4-7,13,17H,3,8-12H2,1-2H3. The van der Waals surface area contributed by atoms with Gasteiger partial charge in [-0.05, 0) is 45.5 Å². The molecule has 20 heavy (non-hydrogen) atoms. The summed E-state index contributed by atoms with van der Waals surface area (Å²) >= 11 is 0. The molecule has 1 fully saturated rings. The Morgan fingerprint density at radius 3 is 2.95 bits per heavy atom. The van der Waals surface area contributed by atoms with E-state index in [0.717, 1.165) is 25.6 Å². The zero-order chi connectivity index (χ0) is 13.9. The Balaban J connectivity index is 1.65. The van der Waals surface area contributed by atoms with Crippen molar-refractivity contribution in [1.82, 2.24) is 20.0 Å². The molecule has 1 N–H and O–H groups in total. The van der Waals surface area contributed by atoms with Crippen LogP contribution in [0.2, 0.25) is 0 Å². The van der Waals surface area contributed by atoms with Crippen molar-refractivity contribution in [3.63, 3.8) is 0 Å². The van der Waals surface area contributed by atoms with Crippen LogP contribution in [-0.2, 0) is 13.1 Å². The van der Waals surface area contributed by atoms with Gasteiger partial charge in [0, 0.05) is 25.0 Å². The van der Waals surface area contributed by atoms with Crippen LogP contribution in [0.5, 0.6) is 0 Å². The number of likely N-dealkylation sites (tertiary alicyclic amines) is 1. The van der Waals surface area contributed by atoms with E-state index < -0.39 is 0 Å². The molecule has 4 heteroatoms. The van der Waals surface area contributed by atoms with Gasteiger partial charge in [-0.25, -0.2) is 0 Å². The molecule has 108 valence electrons. The third kappa shape index (κ3) is 2.72. The first-order valence-electron chi connectivity index (χ1n) is 7.61. The molecule has 1 saturated heterocycles. The lowest BCUT2D eigenvalue weighted by Crippen LogP contribution is -2.25. The summed E-state index contributed by atoms with van der Waals surface area (Å²) in [5.74, 6) is 0.791. The number of benzene rings is 1. The van der Waals surface area contributed by atoms with E-state index >= 15 is 0 Å². The van der Waals surface area contributed by atoms with Gasteiger partial charge in [-0.15, -0.1) is 0 Å². The van der Waals surface area contributed by atoms with E-state index in [1.54, 1.807) is 0 Å². The number of nitrogens with one attached hydrogen (secondary N) is 1. The summed E-state index contributed by atoms with van der Waals surface area (Å²) < 4.78 is 2.09. The maximum atomic E-state index is 4.73. The summed E-state index contributed by atoms with van der Waals surface area (Å²) in [6.45, 7) is 7.49. The van der Waals surface area contributed by atoms with Gasteiger partial charge in [0.05, 0.1) is 11.2 Å². The third-order valence-electron chi connectivity index (χ3n) is 4.25. The number of nitrogens with zero attached hydrogens (tertiary/aromatic N) is 3. The van der Waals surface area contributed by atoms with Crippen LogP contribution in [0.1, 0.15) is 19.0 Å². The summed E-state index contributed by atoms with van der Waals surface area (Å²) in [4.78, 5) is 2.41. The highest BCUT2D eigenvalue weighted by molar-refractivity contribution is 5.81. The summed E-state index contributed by atoms with van der Waals surface area (Å²) in [5, 5.41) is 9.60. The van der Waals surface area contributed by atoms with Crippen molar-refractivity contribution in [2.75, 3.05) is 26.7 Å². The van der Waals surface area contributed by atoms with Crippen LogP contribution in [-0.4, -0.2) is 41.4 Å². The second-order valence-corrected chi connectivity index (χ2v) is 5.83. The molecule has 2 aromatic rings. The van der Waals surface area contributed by atoms with Crippen molar-refractivity contribution < 1.29 is 0 Å². The Morgan fingerprint density at radius 1 is 1.35 bits per heavy atom. The van der Waals surface area contributed by atoms with Crippen LogP contribution in [0.15, 0.2) is 24.3 Å². The minimum absolute atomic E-state index is 0.791. The van der Waals surface area contributed by atoms with E-state index in [4.69, 9.17) is 5.10 Å². The lowest BCUT2D eigenvalue weighted by Gasteiger charge is -2.10. The van der Waals surface area contributed by atoms with Crippen LogP contribution in [0.3, 0.4) is 0 Å². The number of aromatic nitrogens is 2. The molecule has 0 spiro atoms. The smallest absolute Gasteiger partial charge is 0.0841 e. The first kappa shape index (κ1) is 13.6. The van der Waals surface area contributed by atoms with E-state index in [0.29, 0.717) is 0 Å². The predicted octanol–water partition coefficient (Wildman–Crippen LogP) is 2.10. The number of fused-ring (bicyclic) bond motifs is 1. The molecule has 1 unspecified atom stereocenters. The van der Waals surface area contributed by atoms with E-state index in [-0.39, 0.29) is 0 Å². The average Bonchev–Trinajstić information content (AvgIpc) is 3.03. The van der Waals surface area contributed by atoms with Gasteiger partial charge in [-0.2, -0.15) is 5.10 Å². The second kappa shape index (κ2) is 5.94. The van der Waals surface area contributed by atoms with Gasteiger partial charge >= 0.3 is 0 Å². The molecule has 1 aromatic heterocycles. The fraction of sp³-hybridized carbons (Fsp3) is 0.562. The molecule has 1 aliphatic heterocycles. The minimum Gasteiger partial charge on any atom is -0.311 e. The maximum absolute atomic E-state index is 4.73. The van der Waals surface area contributed by atoms with Gasteiger partial charge in [0.1, 0.15) is 0 Å². The van der Waals surface area contributed by atoms with Crippen molar-refractivity contribution >= 4 is 10.9 Å². The minimum atomic E-state index is 0.791. The number of aryl methyl sites for hydroxylation is 1. The highest BCUT2D eigenvalue weighted by atomic mass is 15.3. The molecule has 1 atom stereocenters. The topological polar surface area (TPSA) is 33.1 Å². The molecule has 3 rings (SSSR count). The number of hydrogen-bond acceptors (Lipinski definition) is 3. The quantitative estimate of drug-likeness (QED) is 0.905. The molecule has 0 radical (unpaired) electrons. The summed E-state index contributed by atoms with van der Waals surface area (Å²) in [6.07, 6.45) is 1.31. The van der Waals surface area contributed by atoms with Crippen LogP contribution >= 0.6 is 0 Å². The highest BCUT2D eigenvalue weighted by Gasteiger charge is 2.19. The van der Waals surface area contributed by atoms with Gasteiger partial charge < -0.3 is 10.2 Å². The maximum Gasteiger partial charge on any atom is 0.0841 e. The van der Waals surface area contributed by atoms with Gasteiger partial charge in [-0.3, -0.25) is 4.68 Å². The largest absolute Gasteiger partial charge is 0.311 e. The Labute approximate surface area is 120 Å². The van der Waals surface area contributed by atoms with E-state index in [9.17, 15) is 0 Å². The first-order chi connectivity index (χ1) is 9.78. The zero-order valence-electron chi connectivity index (χ0n) is 12.5. The Kier molecular flexibility index (Phi) is 4.03. The van der Waals surface area contributed by atoms with Crippen molar-refractivity contribution in [2.45, 2.75) is 26.4 Å².